The second kappa shape index (κ2) is 1.48. The van der Waals surface area contributed by atoms with Crippen molar-refractivity contribution in [1.82, 2.24) is 0 Å². The molecule has 9 heavy (non-hydrogen) atoms. The molecule has 0 unspecified atom stereocenters. The Bertz CT molecular complexity index is 363. The quantitative estimate of drug-likeness (QED) is 0.363. The van der Waals surface area contributed by atoms with Crippen LogP contribution in [0.3, 0.4) is 0 Å². The minimum atomic E-state index is -1.39. The lowest BCUT2D eigenvalue weighted by atomic mass is 10.6. The minimum Gasteiger partial charge on any atom is -0.381 e. The van der Waals surface area contributed by atoms with E-state index in [1.807, 2.05) is 0 Å². The van der Waals surface area contributed by atoms with Crippen molar-refractivity contribution in [3.63, 3.8) is 0 Å². The van der Waals surface area contributed by atoms with E-state index in [1.54, 1.807) is 0 Å². The molecule has 1 rings (SSSR count). The highest BCUT2D eigenvalue weighted by molar-refractivity contribution is 4.86. The van der Waals surface area contributed by atoms with E-state index in [9.17, 15) is 19.2 Å². The molecule has 0 bridgehead atoms. The summed E-state index contributed by atoms with van der Waals surface area (Å²) in [6.07, 6.45) is 0. The van der Waals surface area contributed by atoms with E-state index in [0.717, 1.165) is 0 Å². The molecule has 1 aromatic rings. The summed E-state index contributed by atoms with van der Waals surface area (Å²) in [6, 6.07) is 0. The van der Waals surface area contributed by atoms with E-state index in [1.165, 1.54) is 0 Å². The van der Waals surface area contributed by atoms with Gasteiger partial charge in [0, 0.05) is 0 Å². The van der Waals surface area contributed by atoms with Crippen molar-refractivity contribution in [3.05, 3.63) is 41.3 Å². The zero-order chi connectivity index (χ0) is 7.02. The summed E-state index contributed by atoms with van der Waals surface area (Å²) in [5.41, 5.74) is -5.55. The molecule has 0 amide bonds. The summed E-state index contributed by atoms with van der Waals surface area (Å²) >= 11 is 0. The zero-order valence-corrected chi connectivity index (χ0v) is 4.04. The van der Waals surface area contributed by atoms with Crippen LogP contribution in [0.25, 0.3) is 0 Å². The summed E-state index contributed by atoms with van der Waals surface area (Å²) < 4.78 is 3.61. The maximum Gasteiger partial charge on any atom is 0.391 e. The van der Waals surface area contributed by atoms with Crippen LogP contribution in [0.4, 0.5) is 0 Å². The third kappa shape index (κ3) is 0.620. The maximum absolute atomic E-state index is 10.1. The molecule has 0 aliphatic carbocycles. The van der Waals surface area contributed by atoms with Gasteiger partial charge in [-0.25, -0.2) is 9.59 Å². The van der Waals surface area contributed by atoms with Gasteiger partial charge in [-0.15, -0.1) is 0 Å². The molecule has 5 heteroatoms. The topological polar surface area (TPSA) is 81.4 Å². The smallest absolute Gasteiger partial charge is 0.381 e. The Kier molecular flexibility index (Phi) is 0.921. The molecular weight excluding hydrogens is 128 g/mol. The van der Waals surface area contributed by atoms with E-state index < -0.39 is 22.1 Å². The Morgan fingerprint density at radius 2 is 1.11 bits per heavy atom. The van der Waals surface area contributed by atoms with Crippen molar-refractivity contribution in [3.8, 4) is 0 Å². The van der Waals surface area contributed by atoms with E-state index in [-0.39, 0.29) is 0 Å². The Labute approximate surface area is 46.9 Å². The van der Waals surface area contributed by atoms with Gasteiger partial charge in [0.25, 0.3) is 0 Å². The standard InChI is InChI=1S/C4O5/c5-1-2(6)4(8)9-3(1)7. The maximum atomic E-state index is 10.1. The van der Waals surface area contributed by atoms with Crippen LogP contribution in [-0.4, -0.2) is 0 Å². The van der Waals surface area contributed by atoms with Crippen LogP contribution in [0, 0.1) is 0 Å². The molecule has 0 atom stereocenters. The highest BCUT2D eigenvalue weighted by Crippen LogP contribution is 1.38. The van der Waals surface area contributed by atoms with Crippen LogP contribution in [0.15, 0.2) is 23.6 Å². The fraction of sp³-hybridized carbons (Fsp3) is 0. The van der Waals surface area contributed by atoms with Gasteiger partial charge in [0.05, 0.1) is 0 Å². The van der Waals surface area contributed by atoms with Crippen molar-refractivity contribution < 1.29 is 4.42 Å². The molecule has 0 aromatic carbocycles. The molecular formula is C4O5. The Morgan fingerprint density at radius 3 is 1.22 bits per heavy atom. The van der Waals surface area contributed by atoms with E-state index in [0.29, 0.717) is 0 Å². The molecule has 0 aliphatic heterocycles. The molecule has 46 valence electrons. The zero-order valence-electron chi connectivity index (χ0n) is 4.04. The molecule has 0 N–H and O–H groups in total. The van der Waals surface area contributed by atoms with Gasteiger partial charge in [-0.1, -0.05) is 0 Å². The van der Waals surface area contributed by atoms with Gasteiger partial charge in [-0.3, -0.25) is 9.59 Å². The summed E-state index contributed by atoms with van der Waals surface area (Å²) in [7, 11) is 0. The summed E-state index contributed by atoms with van der Waals surface area (Å²) in [5, 5.41) is 0. The van der Waals surface area contributed by atoms with Gasteiger partial charge in [-0.2, -0.15) is 0 Å². The van der Waals surface area contributed by atoms with Crippen LogP contribution in [0.5, 0.6) is 0 Å². The van der Waals surface area contributed by atoms with Crippen molar-refractivity contribution >= 4 is 0 Å². The lowest BCUT2D eigenvalue weighted by Gasteiger charge is -1.50. The van der Waals surface area contributed by atoms with Crippen LogP contribution in [0.2, 0.25) is 0 Å². The highest BCUT2D eigenvalue weighted by atomic mass is 16.4. The minimum absolute atomic E-state index is 1.38. The normalized spacial score (nSPS) is 9.78. The SMILES string of the molecule is O=c1oc(=O)c(=O)c1=O. The Morgan fingerprint density at radius 1 is 0.778 bits per heavy atom. The summed E-state index contributed by atoms with van der Waals surface area (Å²) in [5.74, 6) is 0. The molecule has 0 fully saturated rings. The molecule has 5 nitrogen and oxygen atoms in total. The lowest BCUT2D eigenvalue weighted by molar-refractivity contribution is 0.489. The van der Waals surface area contributed by atoms with Crippen LogP contribution in [0.1, 0.15) is 0 Å². The van der Waals surface area contributed by atoms with Gasteiger partial charge < -0.3 is 4.42 Å². The first-order valence-electron chi connectivity index (χ1n) is 1.97. The average Bonchev–Trinajstić information content (AvgIpc) is 1.98. The van der Waals surface area contributed by atoms with Crippen molar-refractivity contribution in [2.24, 2.45) is 0 Å². The second-order valence-corrected chi connectivity index (χ2v) is 1.34. The molecule has 0 spiro atoms. The summed E-state index contributed by atoms with van der Waals surface area (Å²) in [6.45, 7) is 0. The van der Waals surface area contributed by atoms with Gasteiger partial charge in [0.2, 0.25) is 0 Å². The van der Waals surface area contributed by atoms with Crippen molar-refractivity contribution in [1.29, 1.82) is 0 Å². The van der Waals surface area contributed by atoms with E-state index >= 15 is 0 Å². The van der Waals surface area contributed by atoms with Crippen LogP contribution in [-0.2, 0) is 0 Å². The predicted molar refractivity (Wildman–Crippen MR) is 26.2 cm³/mol. The fourth-order valence-electron chi connectivity index (χ4n) is 0.362. The molecule has 0 saturated carbocycles. The van der Waals surface area contributed by atoms with Gasteiger partial charge in [0.15, 0.2) is 0 Å². The molecule has 0 radical (unpaired) electrons. The van der Waals surface area contributed by atoms with Crippen LogP contribution < -0.4 is 22.1 Å². The Hall–Kier alpha value is -1.52. The fourth-order valence-corrected chi connectivity index (χ4v) is 0.362. The number of furan rings is 1. The first-order valence-corrected chi connectivity index (χ1v) is 1.97. The van der Waals surface area contributed by atoms with Crippen molar-refractivity contribution in [2.75, 3.05) is 0 Å². The van der Waals surface area contributed by atoms with Crippen LogP contribution >= 0.6 is 0 Å². The van der Waals surface area contributed by atoms with E-state index in [2.05, 4.69) is 4.42 Å². The summed E-state index contributed by atoms with van der Waals surface area (Å²) in [4.78, 5) is 40.1. The van der Waals surface area contributed by atoms with Crippen molar-refractivity contribution in [2.45, 2.75) is 0 Å². The number of hydrogen-bond acceptors (Lipinski definition) is 5. The molecule has 1 heterocycles. The number of rotatable bonds is 0. The van der Waals surface area contributed by atoms with E-state index in [4.69, 9.17) is 0 Å². The van der Waals surface area contributed by atoms with Gasteiger partial charge >= 0.3 is 22.1 Å². The first kappa shape index (κ1) is 5.61. The van der Waals surface area contributed by atoms with Gasteiger partial charge in [0.1, 0.15) is 0 Å². The highest BCUT2D eigenvalue weighted by Gasteiger charge is 2.08. The lowest BCUT2D eigenvalue weighted by Crippen LogP contribution is -2.34. The molecule has 0 aliphatic rings. The number of hydrogen-bond donors (Lipinski definition) is 0. The second-order valence-electron chi connectivity index (χ2n) is 1.34. The largest absolute Gasteiger partial charge is 0.391 e. The molecule has 0 saturated heterocycles. The Balaban J connectivity index is 4.15. The third-order valence-electron chi connectivity index (χ3n) is 0.762. The van der Waals surface area contributed by atoms with Gasteiger partial charge in [-0.05, 0) is 0 Å². The first-order chi connectivity index (χ1) is 4.13. The monoisotopic (exact) mass is 128 g/mol. The predicted octanol–water partition coefficient (Wildman–Crippen LogP) is -2.40. The average molecular weight is 128 g/mol. The molecule has 1 aromatic heterocycles. The third-order valence-corrected chi connectivity index (χ3v) is 0.762.